The van der Waals surface area contributed by atoms with Crippen molar-refractivity contribution in [2.24, 2.45) is 0 Å². The maximum absolute atomic E-state index is 13.6. The van der Waals surface area contributed by atoms with E-state index in [1.807, 2.05) is 6.92 Å². The molecule has 0 aliphatic carbocycles. The number of nitrogens with one attached hydrogen (secondary N) is 3. The number of aryl methyl sites for hydroxylation is 1. The van der Waals surface area contributed by atoms with Gasteiger partial charge in [0, 0.05) is 12.5 Å². The lowest BCUT2D eigenvalue weighted by Crippen LogP contribution is -2.18. The van der Waals surface area contributed by atoms with Gasteiger partial charge < -0.3 is 10.6 Å². The van der Waals surface area contributed by atoms with Crippen LogP contribution < -0.4 is 16.2 Å². The van der Waals surface area contributed by atoms with Crippen molar-refractivity contribution in [3.8, 4) is 11.3 Å². The number of amides is 2. The number of aromatic amines is 1. The molecule has 2 aromatic carbocycles. The van der Waals surface area contributed by atoms with Crippen molar-refractivity contribution in [2.45, 2.75) is 19.0 Å². The van der Waals surface area contributed by atoms with Crippen LogP contribution in [0.3, 0.4) is 0 Å². The van der Waals surface area contributed by atoms with Crippen LogP contribution in [0.2, 0.25) is 0 Å². The molecule has 3 aromatic rings. The van der Waals surface area contributed by atoms with Gasteiger partial charge in [-0.3, -0.25) is 19.4 Å². The summed E-state index contributed by atoms with van der Waals surface area (Å²) in [6, 6.07) is 11.0. The van der Waals surface area contributed by atoms with E-state index in [4.69, 9.17) is 0 Å². The molecule has 8 nitrogen and oxygen atoms in total. The number of nitrogens with zero attached hydrogens (tertiary/aromatic N) is 2. The molecule has 0 radical (unpaired) electrons. The number of H-pyrrole nitrogens is 1. The van der Waals surface area contributed by atoms with Gasteiger partial charge in [0.1, 0.15) is 5.82 Å². The molecule has 1 aromatic heterocycles. The molecule has 154 valence electrons. The molecule has 2 amide bonds. The van der Waals surface area contributed by atoms with Crippen molar-refractivity contribution in [3.05, 3.63) is 64.2 Å². The van der Waals surface area contributed by atoms with E-state index < -0.39 is 17.3 Å². The summed E-state index contributed by atoms with van der Waals surface area (Å²) in [5, 5.41) is 13.2. The zero-order valence-corrected chi connectivity index (χ0v) is 17.0. The lowest BCUT2D eigenvalue weighted by Gasteiger charge is -2.10. The van der Waals surface area contributed by atoms with Crippen LogP contribution in [0, 0.1) is 12.7 Å². The molecule has 30 heavy (non-hydrogen) atoms. The van der Waals surface area contributed by atoms with Crippen molar-refractivity contribution < 1.29 is 14.0 Å². The number of anilines is 2. The largest absolute Gasteiger partial charge is 0.326 e. The summed E-state index contributed by atoms with van der Waals surface area (Å²) in [5.41, 5.74) is 1.36. The Balaban J connectivity index is 1.74. The minimum atomic E-state index is -0.540. The van der Waals surface area contributed by atoms with E-state index >= 15 is 0 Å². The van der Waals surface area contributed by atoms with Crippen LogP contribution >= 0.6 is 11.8 Å². The minimum absolute atomic E-state index is 0.0441. The maximum Gasteiger partial charge on any atom is 0.278 e. The fraction of sp³-hybridized carbons (Fsp3) is 0.150. The molecular formula is C20H18FN5O3S. The molecule has 10 heteroatoms. The fourth-order valence-corrected chi connectivity index (χ4v) is 3.20. The van der Waals surface area contributed by atoms with Gasteiger partial charge in [-0.1, -0.05) is 35.5 Å². The summed E-state index contributed by atoms with van der Waals surface area (Å²) >= 11 is 0.956. The molecule has 0 atom stereocenters. The first-order chi connectivity index (χ1) is 14.3. The number of aromatic nitrogens is 3. The van der Waals surface area contributed by atoms with Gasteiger partial charge in [0.2, 0.25) is 11.8 Å². The van der Waals surface area contributed by atoms with E-state index in [2.05, 4.69) is 25.8 Å². The number of carbonyl (C=O) groups excluding carboxylic acids is 2. The van der Waals surface area contributed by atoms with Crippen LogP contribution in [-0.2, 0) is 9.59 Å². The minimum Gasteiger partial charge on any atom is -0.326 e. The van der Waals surface area contributed by atoms with E-state index in [0.29, 0.717) is 11.3 Å². The summed E-state index contributed by atoms with van der Waals surface area (Å²) in [5.74, 6) is -1.37. The lowest BCUT2D eigenvalue weighted by atomic mass is 10.1. The number of hydrogen-bond donors (Lipinski definition) is 3. The highest BCUT2D eigenvalue weighted by Gasteiger charge is 2.15. The SMILES string of the molecule is CC(=O)Nc1ccc(C)cc1-c1nnc(SCC(=O)Nc2ccccc2F)[nH]c1=O. The Labute approximate surface area is 175 Å². The molecule has 0 fully saturated rings. The monoisotopic (exact) mass is 427 g/mol. The van der Waals surface area contributed by atoms with Gasteiger partial charge in [-0.05, 0) is 31.2 Å². The highest BCUT2D eigenvalue weighted by Crippen LogP contribution is 2.25. The predicted octanol–water partition coefficient (Wildman–Crippen LogP) is 2.97. The first-order valence-corrected chi connectivity index (χ1v) is 9.85. The van der Waals surface area contributed by atoms with Gasteiger partial charge in [-0.25, -0.2) is 4.39 Å². The van der Waals surface area contributed by atoms with Crippen LogP contribution in [0.1, 0.15) is 12.5 Å². The average molecular weight is 427 g/mol. The molecule has 0 aliphatic rings. The van der Waals surface area contributed by atoms with E-state index in [1.165, 1.54) is 25.1 Å². The maximum atomic E-state index is 13.6. The molecule has 1 heterocycles. The zero-order valence-electron chi connectivity index (χ0n) is 16.2. The van der Waals surface area contributed by atoms with Crippen LogP contribution in [0.5, 0.6) is 0 Å². The normalized spacial score (nSPS) is 10.5. The lowest BCUT2D eigenvalue weighted by molar-refractivity contribution is -0.114. The Hall–Kier alpha value is -3.53. The third-order valence-electron chi connectivity index (χ3n) is 3.91. The second kappa shape index (κ2) is 9.31. The average Bonchev–Trinajstić information content (AvgIpc) is 2.69. The molecular weight excluding hydrogens is 409 g/mol. The van der Waals surface area contributed by atoms with Crippen LogP contribution in [0.15, 0.2) is 52.4 Å². The first-order valence-electron chi connectivity index (χ1n) is 8.86. The smallest absolute Gasteiger partial charge is 0.278 e. The van der Waals surface area contributed by atoms with Gasteiger partial charge in [0.25, 0.3) is 5.56 Å². The highest BCUT2D eigenvalue weighted by atomic mass is 32.2. The molecule has 0 spiro atoms. The van der Waals surface area contributed by atoms with Crippen molar-refractivity contribution >= 4 is 35.0 Å². The zero-order chi connectivity index (χ0) is 21.7. The Morgan fingerprint density at radius 2 is 1.87 bits per heavy atom. The van der Waals surface area contributed by atoms with Crippen LogP contribution in [0.25, 0.3) is 11.3 Å². The highest BCUT2D eigenvalue weighted by molar-refractivity contribution is 7.99. The second-order valence-electron chi connectivity index (χ2n) is 6.35. The summed E-state index contributed by atoms with van der Waals surface area (Å²) < 4.78 is 13.6. The van der Waals surface area contributed by atoms with E-state index in [1.54, 1.807) is 24.3 Å². The third-order valence-corrected chi connectivity index (χ3v) is 4.77. The summed E-state index contributed by atoms with van der Waals surface area (Å²) in [4.78, 5) is 38.5. The number of benzene rings is 2. The topological polar surface area (TPSA) is 117 Å². The van der Waals surface area contributed by atoms with Gasteiger partial charge in [-0.2, -0.15) is 0 Å². The summed E-state index contributed by atoms with van der Waals surface area (Å²) in [7, 11) is 0. The summed E-state index contributed by atoms with van der Waals surface area (Å²) in [6.45, 7) is 3.21. The molecule has 0 saturated carbocycles. The van der Waals surface area contributed by atoms with Gasteiger partial charge in [-0.15, -0.1) is 10.2 Å². The fourth-order valence-electron chi connectivity index (χ4n) is 2.60. The number of halogens is 1. The van der Waals surface area contributed by atoms with Crippen LogP contribution in [-0.4, -0.2) is 32.7 Å². The Morgan fingerprint density at radius 1 is 1.10 bits per heavy atom. The van der Waals surface area contributed by atoms with Crippen LogP contribution in [0.4, 0.5) is 15.8 Å². The van der Waals surface area contributed by atoms with Crippen molar-refractivity contribution in [2.75, 3.05) is 16.4 Å². The van der Waals surface area contributed by atoms with E-state index in [9.17, 15) is 18.8 Å². The third kappa shape index (κ3) is 5.29. The second-order valence-corrected chi connectivity index (χ2v) is 7.32. The Kier molecular flexibility index (Phi) is 6.58. The number of rotatable bonds is 6. The number of thioether (sulfide) groups is 1. The predicted molar refractivity (Wildman–Crippen MR) is 113 cm³/mol. The quantitative estimate of drug-likeness (QED) is 0.521. The van der Waals surface area contributed by atoms with Crippen molar-refractivity contribution in [1.29, 1.82) is 0 Å². The van der Waals surface area contributed by atoms with Crippen molar-refractivity contribution in [3.63, 3.8) is 0 Å². The van der Waals surface area contributed by atoms with E-state index in [0.717, 1.165) is 17.3 Å². The van der Waals surface area contributed by atoms with E-state index in [-0.39, 0.29) is 28.2 Å². The molecule has 0 aliphatic heterocycles. The molecule has 0 saturated heterocycles. The number of para-hydroxylation sites is 1. The Morgan fingerprint density at radius 3 is 2.57 bits per heavy atom. The number of carbonyl (C=O) groups is 2. The van der Waals surface area contributed by atoms with Crippen molar-refractivity contribution in [1.82, 2.24) is 15.2 Å². The molecule has 3 rings (SSSR count). The van der Waals surface area contributed by atoms with Gasteiger partial charge in [0.15, 0.2) is 10.9 Å². The number of hydrogen-bond acceptors (Lipinski definition) is 6. The van der Waals surface area contributed by atoms with Gasteiger partial charge >= 0.3 is 0 Å². The first kappa shape index (κ1) is 21.2. The molecule has 3 N–H and O–H groups in total. The van der Waals surface area contributed by atoms with Gasteiger partial charge in [0.05, 0.1) is 17.1 Å². The summed E-state index contributed by atoms with van der Waals surface area (Å²) in [6.07, 6.45) is 0. The molecule has 0 unspecified atom stereocenters. The molecule has 0 bridgehead atoms. The standard InChI is InChI=1S/C20H18FN5O3S/c1-11-7-8-15(22-12(2)27)13(9-11)18-19(29)24-20(26-25-18)30-10-17(28)23-16-6-4-3-5-14(16)21/h3-9H,10H2,1-2H3,(H,22,27)(H,23,28)(H,24,26,29). The Bertz CT molecular complexity index is 1170.